The van der Waals surface area contributed by atoms with Crippen LogP contribution in [0.15, 0.2) is 48.8 Å². The molecule has 0 radical (unpaired) electrons. The molecule has 24 heavy (non-hydrogen) atoms. The minimum absolute atomic E-state index is 0.136. The Morgan fingerprint density at radius 3 is 2.62 bits per heavy atom. The first-order chi connectivity index (χ1) is 11.3. The predicted molar refractivity (Wildman–Crippen MR) is 92.6 cm³/mol. The van der Waals surface area contributed by atoms with Crippen LogP contribution in [0.1, 0.15) is 47.9 Å². The van der Waals surface area contributed by atoms with E-state index in [1.807, 2.05) is 18.2 Å². The van der Waals surface area contributed by atoms with Crippen molar-refractivity contribution in [2.45, 2.75) is 38.4 Å². The van der Waals surface area contributed by atoms with E-state index in [2.05, 4.69) is 10.3 Å². The lowest BCUT2D eigenvalue weighted by molar-refractivity contribution is 0.0714. The maximum atomic E-state index is 12.2. The second-order valence-electron chi connectivity index (χ2n) is 6.52. The molecule has 5 heteroatoms. The van der Waals surface area contributed by atoms with Gasteiger partial charge in [-0.25, -0.2) is 0 Å². The monoisotopic (exact) mass is 328 g/mol. The highest BCUT2D eigenvalue weighted by molar-refractivity contribution is 5.94. The van der Waals surface area contributed by atoms with Gasteiger partial charge in [0.25, 0.3) is 5.91 Å². The number of pyridine rings is 1. The van der Waals surface area contributed by atoms with Crippen LogP contribution >= 0.6 is 0 Å². The van der Waals surface area contributed by atoms with Crippen molar-refractivity contribution < 1.29 is 15.0 Å². The molecule has 0 spiro atoms. The van der Waals surface area contributed by atoms with Gasteiger partial charge in [-0.1, -0.05) is 12.1 Å². The van der Waals surface area contributed by atoms with Crippen LogP contribution in [0.5, 0.6) is 0 Å². The number of aliphatic hydroxyl groups excluding tert-OH is 1. The lowest BCUT2D eigenvalue weighted by atomic mass is 9.98. The molecule has 0 aliphatic rings. The van der Waals surface area contributed by atoms with Gasteiger partial charge in [0.1, 0.15) is 0 Å². The highest BCUT2D eigenvalue weighted by Crippen LogP contribution is 2.15. The van der Waals surface area contributed by atoms with Crippen LogP contribution in [0.3, 0.4) is 0 Å². The van der Waals surface area contributed by atoms with E-state index < -0.39 is 11.7 Å². The Kier molecular flexibility index (Phi) is 6.06. The van der Waals surface area contributed by atoms with Gasteiger partial charge in [0.2, 0.25) is 0 Å². The normalized spacial score (nSPS) is 12.7. The zero-order chi connectivity index (χ0) is 17.6. The summed E-state index contributed by atoms with van der Waals surface area (Å²) in [5.74, 6) is -0.229. The summed E-state index contributed by atoms with van der Waals surface area (Å²) < 4.78 is 0. The lowest BCUT2D eigenvalue weighted by Gasteiger charge is -2.17. The summed E-state index contributed by atoms with van der Waals surface area (Å²) in [5.41, 5.74) is 1.53. The minimum atomic E-state index is -0.768. The van der Waals surface area contributed by atoms with Crippen molar-refractivity contribution in [2.24, 2.45) is 0 Å². The summed E-state index contributed by atoms with van der Waals surface area (Å²) in [6, 6.07) is 10.8. The van der Waals surface area contributed by atoms with Crippen LogP contribution in [0.4, 0.5) is 0 Å². The fourth-order valence-electron chi connectivity index (χ4n) is 2.31. The highest BCUT2D eigenvalue weighted by Gasteiger charge is 2.14. The van der Waals surface area contributed by atoms with E-state index in [9.17, 15) is 15.0 Å². The second-order valence-corrected chi connectivity index (χ2v) is 6.52. The van der Waals surface area contributed by atoms with Crippen molar-refractivity contribution in [1.82, 2.24) is 10.3 Å². The molecule has 5 nitrogen and oxygen atoms in total. The third-order valence-corrected chi connectivity index (χ3v) is 3.76. The molecule has 1 aromatic heterocycles. The standard InChI is InChI=1S/C19H24N2O3/c1-19(2,24)9-6-14-4-3-5-16(12-14)18(23)21-13-17(22)15-7-10-20-11-8-15/h3-5,7-8,10-12,17,22,24H,6,9,13H2,1-2H3,(H,21,23)/t17-/m0/s1. The Balaban J connectivity index is 1.92. The van der Waals surface area contributed by atoms with Gasteiger partial charge in [-0.2, -0.15) is 0 Å². The molecule has 0 saturated carbocycles. The van der Waals surface area contributed by atoms with Gasteiger partial charge in [-0.15, -0.1) is 0 Å². The molecule has 0 aliphatic carbocycles. The van der Waals surface area contributed by atoms with Crippen LogP contribution in [-0.2, 0) is 6.42 Å². The number of hydrogen-bond acceptors (Lipinski definition) is 4. The first-order valence-corrected chi connectivity index (χ1v) is 8.03. The van der Waals surface area contributed by atoms with Crippen molar-refractivity contribution in [1.29, 1.82) is 0 Å². The second kappa shape index (κ2) is 8.04. The first kappa shape index (κ1) is 18.1. The van der Waals surface area contributed by atoms with Crippen LogP contribution in [0.25, 0.3) is 0 Å². The molecule has 0 fully saturated rings. The number of aliphatic hydroxyl groups is 2. The zero-order valence-electron chi connectivity index (χ0n) is 14.1. The van der Waals surface area contributed by atoms with E-state index >= 15 is 0 Å². The third kappa shape index (κ3) is 5.76. The SMILES string of the molecule is CC(C)(O)CCc1cccc(C(=O)NC[C@H](O)c2ccncc2)c1. The molecule has 0 aliphatic heterocycles. The van der Waals surface area contributed by atoms with Crippen LogP contribution in [-0.4, -0.2) is 33.3 Å². The Labute approximate surface area is 142 Å². The Morgan fingerprint density at radius 2 is 1.96 bits per heavy atom. The molecular formula is C19H24N2O3. The van der Waals surface area contributed by atoms with Crippen LogP contribution in [0, 0.1) is 0 Å². The van der Waals surface area contributed by atoms with Crippen molar-refractivity contribution in [3.63, 3.8) is 0 Å². The van der Waals surface area contributed by atoms with Gasteiger partial charge in [0.15, 0.2) is 0 Å². The maximum Gasteiger partial charge on any atom is 0.251 e. The largest absolute Gasteiger partial charge is 0.390 e. The Hall–Kier alpha value is -2.24. The third-order valence-electron chi connectivity index (χ3n) is 3.76. The average Bonchev–Trinajstić information content (AvgIpc) is 2.58. The summed E-state index contributed by atoms with van der Waals surface area (Å²) in [5, 5.41) is 22.6. The van der Waals surface area contributed by atoms with Crippen molar-refractivity contribution in [2.75, 3.05) is 6.54 Å². The topological polar surface area (TPSA) is 82.5 Å². The zero-order valence-corrected chi connectivity index (χ0v) is 14.1. The molecule has 2 aromatic rings. The van der Waals surface area contributed by atoms with E-state index in [0.29, 0.717) is 24.0 Å². The van der Waals surface area contributed by atoms with E-state index in [1.54, 1.807) is 44.4 Å². The number of nitrogens with zero attached hydrogens (tertiary/aromatic N) is 1. The number of benzene rings is 1. The lowest BCUT2D eigenvalue weighted by Crippen LogP contribution is -2.28. The van der Waals surface area contributed by atoms with Gasteiger partial charge in [0, 0.05) is 24.5 Å². The predicted octanol–water partition coefficient (Wildman–Crippen LogP) is 2.25. The molecule has 0 bridgehead atoms. The summed E-state index contributed by atoms with van der Waals surface area (Å²) in [6.45, 7) is 3.67. The van der Waals surface area contributed by atoms with Gasteiger partial charge in [-0.3, -0.25) is 9.78 Å². The molecule has 0 unspecified atom stereocenters. The molecule has 1 amide bonds. The number of rotatable bonds is 7. The average molecular weight is 328 g/mol. The number of hydrogen-bond donors (Lipinski definition) is 3. The number of nitrogens with one attached hydrogen (secondary N) is 1. The molecule has 0 saturated heterocycles. The fraction of sp³-hybridized carbons (Fsp3) is 0.368. The quantitative estimate of drug-likeness (QED) is 0.728. The molecular weight excluding hydrogens is 304 g/mol. The van der Waals surface area contributed by atoms with E-state index in [-0.39, 0.29) is 12.5 Å². The molecule has 2 rings (SSSR count). The first-order valence-electron chi connectivity index (χ1n) is 8.03. The molecule has 128 valence electrons. The fourth-order valence-corrected chi connectivity index (χ4v) is 2.31. The summed E-state index contributed by atoms with van der Waals surface area (Å²) in [7, 11) is 0. The van der Waals surface area contributed by atoms with Crippen molar-refractivity contribution >= 4 is 5.91 Å². The number of amides is 1. The summed E-state index contributed by atoms with van der Waals surface area (Å²) in [6.07, 6.45) is 3.76. The Morgan fingerprint density at radius 1 is 1.25 bits per heavy atom. The van der Waals surface area contributed by atoms with Crippen LogP contribution < -0.4 is 5.32 Å². The van der Waals surface area contributed by atoms with Gasteiger partial charge >= 0.3 is 0 Å². The number of carbonyl (C=O) groups is 1. The van der Waals surface area contributed by atoms with Gasteiger partial charge in [0.05, 0.1) is 11.7 Å². The molecule has 1 atom stereocenters. The van der Waals surface area contributed by atoms with Gasteiger partial charge < -0.3 is 15.5 Å². The van der Waals surface area contributed by atoms with E-state index in [1.165, 1.54) is 0 Å². The number of aromatic nitrogens is 1. The smallest absolute Gasteiger partial charge is 0.251 e. The van der Waals surface area contributed by atoms with E-state index in [0.717, 1.165) is 5.56 Å². The van der Waals surface area contributed by atoms with Gasteiger partial charge in [-0.05, 0) is 62.1 Å². The molecule has 1 heterocycles. The number of aryl methyl sites for hydroxylation is 1. The minimum Gasteiger partial charge on any atom is -0.390 e. The molecule has 1 aromatic carbocycles. The molecule has 3 N–H and O–H groups in total. The van der Waals surface area contributed by atoms with Crippen molar-refractivity contribution in [3.05, 3.63) is 65.5 Å². The maximum absolute atomic E-state index is 12.2. The summed E-state index contributed by atoms with van der Waals surface area (Å²) >= 11 is 0. The van der Waals surface area contributed by atoms with Crippen molar-refractivity contribution in [3.8, 4) is 0 Å². The van der Waals surface area contributed by atoms with E-state index in [4.69, 9.17) is 0 Å². The number of carbonyl (C=O) groups excluding carboxylic acids is 1. The van der Waals surface area contributed by atoms with Crippen LogP contribution in [0.2, 0.25) is 0 Å². The summed E-state index contributed by atoms with van der Waals surface area (Å²) in [4.78, 5) is 16.1. The highest BCUT2D eigenvalue weighted by atomic mass is 16.3. The Bertz CT molecular complexity index is 666.